The number of piperidine rings is 2. The normalized spacial score (nSPS) is 25.3. The number of anilines is 1. The summed E-state index contributed by atoms with van der Waals surface area (Å²) in [6.45, 7) is 0.863. The van der Waals surface area contributed by atoms with Crippen molar-refractivity contribution in [2.24, 2.45) is 5.92 Å². The van der Waals surface area contributed by atoms with E-state index < -0.39 is 23.1 Å². The predicted molar refractivity (Wildman–Crippen MR) is 141 cm³/mol. The van der Waals surface area contributed by atoms with Gasteiger partial charge in [0.1, 0.15) is 29.7 Å². The van der Waals surface area contributed by atoms with E-state index in [4.69, 9.17) is 10.5 Å². The van der Waals surface area contributed by atoms with Crippen LogP contribution in [0.25, 0.3) is 0 Å². The molecule has 2 saturated heterocycles. The zero-order valence-electron chi connectivity index (χ0n) is 21.3. The standard InChI is InChI=1S/C28H31F2N5O4/c29-19-6-8-20(9-7-19)39-25-24(31)27(37)35(17-33-25)16-28(38)11-13-34(15-23(28)30)26(36)21-10-12-32-14-22(21)18-4-2-1-3-5-18/h1-9,17,21-23,32,38H,10-16,31H2/t21-,22+,23-,28+/m1/s1. The Labute approximate surface area is 224 Å². The van der Waals surface area contributed by atoms with E-state index >= 15 is 4.39 Å². The number of nitrogens with zero attached hydrogens (tertiary/aromatic N) is 3. The summed E-state index contributed by atoms with van der Waals surface area (Å²) in [4.78, 5) is 31.9. The molecule has 206 valence electrons. The molecule has 4 atom stereocenters. The molecule has 0 spiro atoms. The highest BCUT2D eigenvalue weighted by Crippen LogP contribution is 2.34. The third-order valence-corrected chi connectivity index (χ3v) is 7.63. The van der Waals surface area contributed by atoms with E-state index in [-0.39, 0.29) is 61.1 Å². The fourth-order valence-corrected chi connectivity index (χ4v) is 5.35. The van der Waals surface area contributed by atoms with Gasteiger partial charge in [-0.1, -0.05) is 30.3 Å². The van der Waals surface area contributed by atoms with Crippen LogP contribution in [0.5, 0.6) is 11.6 Å². The predicted octanol–water partition coefficient (Wildman–Crippen LogP) is 2.45. The minimum absolute atomic E-state index is 0.0189. The van der Waals surface area contributed by atoms with Gasteiger partial charge in [0.25, 0.3) is 5.56 Å². The van der Waals surface area contributed by atoms with Crippen LogP contribution in [0.2, 0.25) is 0 Å². The summed E-state index contributed by atoms with van der Waals surface area (Å²) < 4.78 is 35.1. The summed E-state index contributed by atoms with van der Waals surface area (Å²) in [5.74, 6) is -0.827. The van der Waals surface area contributed by atoms with Crippen molar-refractivity contribution in [3.05, 3.63) is 82.7 Å². The van der Waals surface area contributed by atoms with Crippen molar-refractivity contribution in [1.82, 2.24) is 19.8 Å². The van der Waals surface area contributed by atoms with Crippen LogP contribution in [-0.2, 0) is 11.3 Å². The van der Waals surface area contributed by atoms with Crippen molar-refractivity contribution >= 4 is 11.6 Å². The van der Waals surface area contributed by atoms with Gasteiger partial charge in [0, 0.05) is 24.9 Å². The van der Waals surface area contributed by atoms with E-state index in [1.165, 1.54) is 29.2 Å². The molecule has 0 aliphatic carbocycles. The summed E-state index contributed by atoms with van der Waals surface area (Å²) in [6, 6.07) is 14.9. The van der Waals surface area contributed by atoms with E-state index in [0.29, 0.717) is 19.5 Å². The molecule has 2 aromatic carbocycles. The number of nitrogens with one attached hydrogen (secondary N) is 1. The number of hydrogen-bond donors (Lipinski definition) is 3. The number of amides is 1. The average Bonchev–Trinajstić information content (AvgIpc) is 2.95. The molecule has 2 aliphatic rings. The Morgan fingerprint density at radius 2 is 1.95 bits per heavy atom. The monoisotopic (exact) mass is 539 g/mol. The number of rotatable bonds is 6. The first kappa shape index (κ1) is 26.8. The number of aliphatic hydroxyl groups is 1. The summed E-state index contributed by atoms with van der Waals surface area (Å²) >= 11 is 0. The summed E-state index contributed by atoms with van der Waals surface area (Å²) in [7, 11) is 0. The molecular formula is C28H31F2N5O4. The van der Waals surface area contributed by atoms with Gasteiger partial charge in [0.2, 0.25) is 11.8 Å². The first-order valence-electron chi connectivity index (χ1n) is 12.9. The van der Waals surface area contributed by atoms with Gasteiger partial charge in [-0.2, -0.15) is 0 Å². The highest BCUT2D eigenvalue weighted by Gasteiger charge is 2.46. The molecule has 0 saturated carbocycles. The number of benzene rings is 2. The number of likely N-dealkylation sites (tertiary alicyclic amines) is 1. The zero-order valence-corrected chi connectivity index (χ0v) is 21.3. The Morgan fingerprint density at radius 1 is 1.21 bits per heavy atom. The number of carbonyl (C=O) groups is 1. The molecule has 9 nitrogen and oxygen atoms in total. The number of ether oxygens (including phenoxy) is 1. The lowest BCUT2D eigenvalue weighted by molar-refractivity contribution is -0.148. The third-order valence-electron chi connectivity index (χ3n) is 7.63. The molecule has 0 bridgehead atoms. The van der Waals surface area contributed by atoms with Crippen LogP contribution in [0, 0.1) is 11.7 Å². The minimum atomic E-state index is -1.89. The molecule has 39 heavy (non-hydrogen) atoms. The Hall–Kier alpha value is -3.83. The van der Waals surface area contributed by atoms with Crippen molar-refractivity contribution in [3.8, 4) is 11.6 Å². The number of nitrogens with two attached hydrogens (primary N) is 1. The smallest absolute Gasteiger partial charge is 0.280 e. The average molecular weight is 540 g/mol. The first-order chi connectivity index (χ1) is 18.7. The quantitative estimate of drug-likeness (QED) is 0.440. The summed E-state index contributed by atoms with van der Waals surface area (Å²) in [5.41, 5.74) is 4.06. The number of hydrogen-bond acceptors (Lipinski definition) is 7. The van der Waals surface area contributed by atoms with Gasteiger partial charge < -0.3 is 25.8 Å². The molecule has 4 N–H and O–H groups in total. The maximum Gasteiger partial charge on any atom is 0.280 e. The van der Waals surface area contributed by atoms with Crippen LogP contribution in [0.3, 0.4) is 0 Å². The Morgan fingerprint density at radius 3 is 2.67 bits per heavy atom. The second-order valence-corrected chi connectivity index (χ2v) is 10.2. The lowest BCUT2D eigenvalue weighted by Gasteiger charge is -2.43. The van der Waals surface area contributed by atoms with Crippen LogP contribution in [0.1, 0.15) is 24.3 Å². The van der Waals surface area contributed by atoms with Crippen molar-refractivity contribution in [2.75, 3.05) is 31.9 Å². The van der Waals surface area contributed by atoms with Gasteiger partial charge in [-0.3, -0.25) is 14.2 Å². The van der Waals surface area contributed by atoms with Crippen molar-refractivity contribution in [1.29, 1.82) is 0 Å². The number of nitrogen functional groups attached to an aromatic ring is 1. The van der Waals surface area contributed by atoms with Crippen LogP contribution < -0.4 is 21.3 Å². The maximum atomic E-state index is 15.5. The molecule has 5 rings (SSSR count). The Balaban J connectivity index is 1.26. The molecule has 11 heteroatoms. The van der Waals surface area contributed by atoms with E-state index in [9.17, 15) is 19.1 Å². The lowest BCUT2D eigenvalue weighted by atomic mass is 9.79. The fourth-order valence-electron chi connectivity index (χ4n) is 5.35. The zero-order chi connectivity index (χ0) is 27.6. The van der Waals surface area contributed by atoms with Crippen molar-refractivity contribution in [2.45, 2.75) is 37.1 Å². The second kappa shape index (κ2) is 11.1. The van der Waals surface area contributed by atoms with Gasteiger partial charge in [0.15, 0.2) is 5.69 Å². The number of carbonyl (C=O) groups excluding carboxylic acids is 1. The van der Waals surface area contributed by atoms with Crippen LogP contribution >= 0.6 is 0 Å². The van der Waals surface area contributed by atoms with Gasteiger partial charge >= 0.3 is 0 Å². The topological polar surface area (TPSA) is 123 Å². The molecule has 2 fully saturated rings. The highest BCUT2D eigenvalue weighted by atomic mass is 19.1. The molecule has 2 aliphatic heterocycles. The Kier molecular flexibility index (Phi) is 7.62. The SMILES string of the molecule is Nc1c(Oc2ccc(F)cc2)ncn(C[C@@]2(O)CCN(C(=O)[C@@H]3CCNC[C@H]3c3ccccc3)C[C@H]2F)c1=O. The highest BCUT2D eigenvalue weighted by molar-refractivity contribution is 5.80. The largest absolute Gasteiger partial charge is 0.437 e. The molecule has 0 unspecified atom stereocenters. The van der Waals surface area contributed by atoms with Crippen LogP contribution in [0.15, 0.2) is 65.7 Å². The molecule has 3 aromatic rings. The molecular weight excluding hydrogens is 508 g/mol. The second-order valence-electron chi connectivity index (χ2n) is 10.2. The van der Waals surface area contributed by atoms with E-state index in [1.807, 2.05) is 30.3 Å². The van der Waals surface area contributed by atoms with Crippen LogP contribution in [0.4, 0.5) is 14.5 Å². The van der Waals surface area contributed by atoms with Gasteiger partial charge in [-0.15, -0.1) is 0 Å². The van der Waals surface area contributed by atoms with Gasteiger partial charge in [-0.25, -0.2) is 13.8 Å². The van der Waals surface area contributed by atoms with Gasteiger partial charge in [0.05, 0.1) is 13.1 Å². The van der Waals surface area contributed by atoms with Gasteiger partial charge in [-0.05, 0) is 49.2 Å². The molecule has 0 radical (unpaired) electrons. The minimum Gasteiger partial charge on any atom is -0.437 e. The lowest BCUT2D eigenvalue weighted by Crippen LogP contribution is -2.59. The van der Waals surface area contributed by atoms with E-state index in [1.54, 1.807) is 0 Å². The van der Waals surface area contributed by atoms with E-state index in [0.717, 1.165) is 16.5 Å². The molecule has 1 amide bonds. The molecule has 1 aromatic heterocycles. The van der Waals surface area contributed by atoms with Crippen LogP contribution in [-0.4, -0.2) is 63.4 Å². The van der Waals surface area contributed by atoms with Crippen molar-refractivity contribution in [3.63, 3.8) is 0 Å². The summed E-state index contributed by atoms with van der Waals surface area (Å²) in [5, 5.41) is 14.5. The third kappa shape index (κ3) is 5.64. The fraction of sp³-hybridized carbons (Fsp3) is 0.393. The number of halogens is 2. The molecule has 3 heterocycles. The summed E-state index contributed by atoms with van der Waals surface area (Å²) in [6.07, 6.45) is -0.0707. The number of alkyl halides is 1. The van der Waals surface area contributed by atoms with E-state index in [2.05, 4.69) is 10.3 Å². The maximum absolute atomic E-state index is 15.5. The Bertz CT molecular complexity index is 1370. The number of aromatic nitrogens is 2. The first-order valence-corrected chi connectivity index (χ1v) is 12.9. The van der Waals surface area contributed by atoms with Crippen molar-refractivity contribution < 1.29 is 23.4 Å².